The first-order valence-corrected chi connectivity index (χ1v) is 10.2. The molecular weight excluding hydrogens is 422 g/mol. The number of methoxy groups -OCH3 is 1. The van der Waals surface area contributed by atoms with Gasteiger partial charge in [0, 0.05) is 29.7 Å². The van der Waals surface area contributed by atoms with Gasteiger partial charge in [0.2, 0.25) is 0 Å². The number of anilines is 2. The summed E-state index contributed by atoms with van der Waals surface area (Å²) in [6, 6.07) is 5.83. The zero-order valence-corrected chi connectivity index (χ0v) is 17.2. The van der Waals surface area contributed by atoms with Gasteiger partial charge in [-0.05, 0) is 47.3 Å². The van der Waals surface area contributed by atoms with Crippen LogP contribution in [0.15, 0.2) is 40.2 Å². The minimum absolute atomic E-state index is 0.362. The van der Waals surface area contributed by atoms with Gasteiger partial charge in [0.25, 0.3) is 0 Å². The highest BCUT2D eigenvalue weighted by Gasteiger charge is 2.16. The summed E-state index contributed by atoms with van der Waals surface area (Å²) >= 11 is 6.48. The van der Waals surface area contributed by atoms with E-state index in [2.05, 4.69) is 35.9 Å². The fourth-order valence-electron chi connectivity index (χ4n) is 2.14. The maximum atomic E-state index is 5.33. The van der Waals surface area contributed by atoms with E-state index in [1.165, 1.54) is 11.8 Å². The van der Waals surface area contributed by atoms with Crippen LogP contribution in [0.5, 0.6) is 0 Å². The number of thioether (sulfide) groups is 1. The fourth-order valence-corrected chi connectivity index (χ4v) is 3.68. The van der Waals surface area contributed by atoms with Crippen molar-refractivity contribution in [3.63, 3.8) is 0 Å². The van der Waals surface area contributed by atoms with Gasteiger partial charge in [0.15, 0.2) is 10.3 Å². The third-order valence-electron chi connectivity index (χ3n) is 3.24. The van der Waals surface area contributed by atoms with Crippen molar-refractivity contribution in [2.45, 2.75) is 12.1 Å². The Morgan fingerprint density at radius 1 is 1.24 bits per heavy atom. The van der Waals surface area contributed by atoms with Crippen LogP contribution >= 0.6 is 39.0 Å². The standard InChI is InChI=1S/C16H16BrN5OS2/c1-10-6-12(21-15(20-10)24-3)13-8-19-16(25-13)22(9-23-2)14-5-4-11(17)7-18-14/h4-8H,9H2,1-3H3. The van der Waals surface area contributed by atoms with Gasteiger partial charge >= 0.3 is 0 Å². The highest BCUT2D eigenvalue weighted by molar-refractivity contribution is 9.10. The zero-order chi connectivity index (χ0) is 17.8. The Morgan fingerprint density at radius 3 is 2.76 bits per heavy atom. The Morgan fingerprint density at radius 2 is 2.08 bits per heavy atom. The van der Waals surface area contributed by atoms with Crippen molar-refractivity contribution < 1.29 is 4.74 Å². The van der Waals surface area contributed by atoms with Crippen molar-refractivity contribution >= 4 is 50.0 Å². The van der Waals surface area contributed by atoms with E-state index in [9.17, 15) is 0 Å². The summed E-state index contributed by atoms with van der Waals surface area (Å²) in [5.74, 6) is 0.773. The predicted octanol–water partition coefficient (Wildman–Crippen LogP) is 4.53. The number of hydrogen-bond acceptors (Lipinski definition) is 8. The molecule has 0 spiro atoms. The van der Waals surface area contributed by atoms with E-state index in [0.29, 0.717) is 6.73 Å². The van der Waals surface area contributed by atoms with Crippen molar-refractivity contribution in [1.29, 1.82) is 0 Å². The van der Waals surface area contributed by atoms with Gasteiger partial charge in [-0.3, -0.25) is 4.90 Å². The fraction of sp³-hybridized carbons (Fsp3) is 0.250. The van der Waals surface area contributed by atoms with E-state index in [1.54, 1.807) is 24.6 Å². The van der Waals surface area contributed by atoms with Gasteiger partial charge in [-0.25, -0.2) is 19.9 Å². The van der Waals surface area contributed by atoms with Crippen LogP contribution in [0.2, 0.25) is 0 Å². The molecule has 0 atom stereocenters. The summed E-state index contributed by atoms with van der Waals surface area (Å²) in [7, 11) is 1.65. The molecule has 3 aromatic rings. The van der Waals surface area contributed by atoms with Crippen LogP contribution in [0.4, 0.5) is 10.9 Å². The van der Waals surface area contributed by atoms with Gasteiger partial charge in [0.1, 0.15) is 12.5 Å². The number of aromatic nitrogens is 4. The van der Waals surface area contributed by atoms with Crippen molar-refractivity contribution in [1.82, 2.24) is 19.9 Å². The van der Waals surface area contributed by atoms with Crippen LogP contribution in [0.3, 0.4) is 0 Å². The molecule has 0 saturated heterocycles. The Bertz CT molecular complexity index is 856. The lowest BCUT2D eigenvalue weighted by Crippen LogP contribution is -2.20. The Balaban J connectivity index is 1.95. The van der Waals surface area contributed by atoms with E-state index >= 15 is 0 Å². The molecule has 0 N–H and O–H groups in total. The van der Waals surface area contributed by atoms with Gasteiger partial charge in [-0.2, -0.15) is 0 Å². The number of rotatable bonds is 6. The molecule has 0 radical (unpaired) electrons. The van der Waals surface area contributed by atoms with Gasteiger partial charge < -0.3 is 4.74 Å². The zero-order valence-electron chi connectivity index (χ0n) is 13.9. The molecule has 0 saturated carbocycles. The van der Waals surface area contributed by atoms with E-state index < -0.39 is 0 Å². The monoisotopic (exact) mass is 437 g/mol. The van der Waals surface area contributed by atoms with Crippen LogP contribution in [-0.4, -0.2) is 40.0 Å². The molecule has 0 bridgehead atoms. The minimum Gasteiger partial charge on any atom is -0.364 e. The molecular formula is C16H16BrN5OS2. The molecule has 3 aromatic heterocycles. The highest BCUT2D eigenvalue weighted by atomic mass is 79.9. The molecule has 3 heterocycles. The van der Waals surface area contributed by atoms with Crippen molar-refractivity contribution in [3.05, 3.63) is 40.8 Å². The summed E-state index contributed by atoms with van der Waals surface area (Å²) in [5.41, 5.74) is 1.81. The van der Waals surface area contributed by atoms with Gasteiger partial charge in [-0.15, -0.1) is 0 Å². The molecule has 9 heteroatoms. The second-order valence-electron chi connectivity index (χ2n) is 5.07. The van der Waals surface area contributed by atoms with Crippen LogP contribution < -0.4 is 4.90 Å². The molecule has 0 fully saturated rings. The van der Waals surface area contributed by atoms with Crippen LogP contribution in [-0.2, 0) is 4.74 Å². The normalized spacial score (nSPS) is 10.9. The first-order valence-electron chi connectivity index (χ1n) is 7.34. The topological polar surface area (TPSA) is 64.0 Å². The number of pyridine rings is 1. The lowest BCUT2D eigenvalue weighted by molar-refractivity contribution is 0.205. The first-order chi connectivity index (χ1) is 12.1. The molecule has 0 unspecified atom stereocenters. The number of aryl methyl sites for hydroxylation is 1. The molecule has 3 rings (SSSR count). The lowest BCUT2D eigenvalue weighted by atomic mass is 10.3. The largest absolute Gasteiger partial charge is 0.364 e. The molecule has 25 heavy (non-hydrogen) atoms. The SMILES string of the molecule is COCN(c1ccc(Br)cn1)c1ncc(-c2cc(C)nc(SC)n2)s1. The summed E-state index contributed by atoms with van der Waals surface area (Å²) in [6.07, 6.45) is 5.55. The van der Waals surface area contributed by atoms with E-state index in [0.717, 1.165) is 36.8 Å². The van der Waals surface area contributed by atoms with Gasteiger partial charge in [0.05, 0.1) is 10.6 Å². The summed E-state index contributed by atoms with van der Waals surface area (Å²) in [6.45, 7) is 2.33. The number of nitrogens with zero attached hydrogens (tertiary/aromatic N) is 5. The van der Waals surface area contributed by atoms with Crippen molar-refractivity contribution in [2.24, 2.45) is 0 Å². The minimum atomic E-state index is 0.362. The second kappa shape index (κ2) is 8.22. The molecule has 0 aliphatic rings. The Labute approximate surface area is 162 Å². The molecule has 0 aliphatic heterocycles. The second-order valence-corrected chi connectivity index (χ2v) is 7.77. The van der Waals surface area contributed by atoms with E-state index in [4.69, 9.17) is 4.74 Å². The summed E-state index contributed by atoms with van der Waals surface area (Å²) < 4.78 is 6.25. The maximum absolute atomic E-state index is 5.33. The molecule has 0 aromatic carbocycles. The maximum Gasteiger partial charge on any atom is 0.193 e. The molecule has 130 valence electrons. The molecule has 0 aliphatic carbocycles. The van der Waals surface area contributed by atoms with Crippen LogP contribution in [0, 0.1) is 6.92 Å². The quantitative estimate of drug-likeness (QED) is 0.318. The Hall–Kier alpha value is -1.55. The number of thiazole rings is 1. The third kappa shape index (κ3) is 4.35. The molecule has 0 amide bonds. The highest BCUT2D eigenvalue weighted by Crippen LogP contribution is 2.34. The number of halogens is 1. The van der Waals surface area contributed by atoms with Crippen molar-refractivity contribution in [2.75, 3.05) is 25.0 Å². The number of hydrogen-bond donors (Lipinski definition) is 0. The van der Waals surface area contributed by atoms with Gasteiger partial charge in [-0.1, -0.05) is 23.1 Å². The lowest BCUT2D eigenvalue weighted by Gasteiger charge is -2.19. The number of ether oxygens (including phenoxy) is 1. The van der Waals surface area contributed by atoms with E-state index in [1.807, 2.05) is 42.5 Å². The van der Waals surface area contributed by atoms with E-state index in [-0.39, 0.29) is 0 Å². The van der Waals surface area contributed by atoms with Crippen LogP contribution in [0.1, 0.15) is 5.69 Å². The average molecular weight is 438 g/mol. The first kappa shape index (κ1) is 18.2. The summed E-state index contributed by atoms with van der Waals surface area (Å²) in [4.78, 5) is 20.8. The predicted molar refractivity (Wildman–Crippen MR) is 106 cm³/mol. The summed E-state index contributed by atoms with van der Waals surface area (Å²) in [5, 5.41) is 1.56. The van der Waals surface area contributed by atoms with Crippen molar-refractivity contribution in [3.8, 4) is 10.6 Å². The van der Waals surface area contributed by atoms with Crippen LogP contribution in [0.25, 0.3) is 10.6 Å². The third-order valence-corrected chi connectivity index (χ3v) is 5.30. The Kier molecular flexibility index (Phi) is 6.00. The molecule has 6 nitrogen and oxygen atoms in total. The smallest absolute Gasteiger partial charge is 0.193 e. The average Bonchev–Trinajstić information content (AvgIpc) is 3.10.